The summed E-state index contributed by atoms with van der Waals surface area (Å²) in [5.41, 5.74) is 2.91. The zero-order chi connectivity index (χ0) is 14.0. The molecule has 0 saturated carbocycles. The van der Waals surface area contributed by atoms with Crippen LogP contribution in [0.4, 0.5) is 5.69 Å². The molecule has 2 N–H and O–H groups in total. The van der Waals surface area contributed by atoms with Crippen LogP contribution in [0.2, 0.25) is 5.02 Å². The van der Waals surface area contributed by atoms with Crippen LogP contribution in [0.3, 0.4) is 0 Å². The zero-order valence-electron chi connectivity index (χ0n) is 11.0. The molecule has 1 aromatic carbocycles. The van der Waals surface area contributed by atoms with Crippen molar-refractivity contribution in [3.63, 3.8) is 0 Å². The van der Waals surface area contributed by atoms with Crippen molar-refractivity contribution in [3.8, 4) is 5.75 Å². The molecule has 0 aliphatic carbocycles. The number of halogens is 1. The lowest BCUT2D eigenvalue weighted by molar-refractivity contribution is 0.102. The summed E-state index contributed by atoms with van der Waals surface area (Å²) >= 11 is 6.03. The lowest BCUT2D eigenvalue weighted by atomic mass is 10.2. The molecule has 0 fully saturated rings. The minimum atomic E-state index is -0.182. The van der Waals surface area contributed by atoms with Gasteiger partial charge in [-0.2, -0.15) is 0 Å². The maximum absolute atomic E-state index is 12.1. The minimum absolute atomic E-state index is 0.182. The van der Waals surface area contributed by atoms with Gasteiger partial charge in [-0.15, -0.1) is 0 Å². The number of hydrogen-bond donors (Lipinski definition) is 2. The monoisotopic (exact) mass is 278 g/mol. The highest BCUT2D eigenvalue weighted by Gasteiger charge is 2.13. The maximum atomic E-state index is 12.1. The van der Waals surface area contributed by atoms with Gasteiger partial charge in [0, 0.05) is 23.0 Å². The number of aryl methyl sites for hydroxylation is 2. The van der Waals surface area contributed by atoms with E-state index in [1.54, 1.807) is 24.4 Å². The van der Waals surface area contributed by atoms with Crippen LogP contribution in [0.15, 0.2) is 24.4 Å². The molecule has 100 valence electrons. The molecule has 0 bridgehead atoms. The van der Waals surface area contributed by atoms with Gasteiger partial charge in [-0.1, -0.05) is 11.6 Å². The van der Waals surface area contributed by atoms with E-state index in [0.717, 1.165) is 11.3 Å². The summed E-state index contributed by atoms with van der Waals surface area (Å²) in [4.78, 5) is 15.1. The third kappa shape index (κ3) is 2.74. The van der Waals surface area contributed by atoms with Crippen molar-refractivity contribution in [1.82, 2.24) is 4.98 Å². The Bertz CT molecular complexity index is 620. The van der Waals surface area contributed by atoms with E-state index >= 15 is 0 Å². The molecule has 0 radical (unpaired) electrons. The van der Waals surface area contributed by atoms with Gasteiger partial charge in [-0.3, -0.25) is 4.79 Å². The van der Waals surface area contributed by atoms with Gasteiger partial charge in [0.25, 0.3) is 5.91 Å². The van der Waals surface area contributed by atoms with Gasteiger partial charge >= 0.3 is 0 Å². The number of hydrogen-bond acceptors (Lipinski definition) is 2. The van der Waals surface area contributed by atoms with Crippen LogP contribution in [0.25, 0.3) is 0 Å². The Labute approximate surface area is 116 Å². The summed E-state index contributed by atoms with van der Waals surface area (Å²) in [6.07, 6.45) is 1.73. The van der Waals surface area contributed by atoms with E-state index in [4.69, 9.17) is 16.3 Å². The number of aromatic amines is 1. The maximum Gasteiger partial charge on any atom is 0.257 e. The Morgan fingerprint density at radius 1 is 1.37 bits per heavy atom. The zero-order valence-corrected chi connectivity index (χ0v) is 11.8. The summed E-state index contributed by atoms with van der Waals surface area (Å²) in [5, 5.41) is 3.43. The largest absolute Gasteiger partial charge is 0.495 e. The predicted molar refractivity (Wildman–Crippen MR) is 76.2 cm³/mol. The Hall–Kier alpha value is -1.94. The Morgan fingerprint density at radius 2 is 2.11 bits per heavy atom. The normalized spacial score (nSPS) is 10.3. The Balaban J connectivity index is 2.31. The molecule has 2 rings (SSSR count). The van der Waals surface area contributed by atoms with E-state index in [1.807, 2.05) is 13.8 Å². The molecule has 1 heterocycles. The molecular weight excluding hydrogens is 264 g/mol. The number of ether oxygens (including phenoxy) is 1. The molecule has 1 aromatic heterocycles. The molecule has 5 heteroatoms. The number of anilines is 1. The van der Waals surface area contributed by atoms with Crippen LogP contribution in [0, 0.1) is 13.8 Å². The topological polar surface area (TPSA) is 54.1 Å². The Morgan fingerprint density at radius 3 is 2.68 bits per heavy atom. The van der Waals surface area contributed by atoms with Gasteiger partial charge in [0.05, 0.1) is 18.4 Å². The molecule has 0 aliphatic heterocycles. The van der Waals surface area contributed by atoms with Crippen LogP contribution in [-0.4, -0.2) is 18.0 Å². The average molecular weight is 279 g/mol. The first-order valence-electron chi connectivity index (χ1n) is 5.82. The van der Waals surface area contributed by atoms with Crippen LogP contribution in [-0.2, 0) is 0 Å². The summed E-state index contributed by atoms with van der Waals surface area (Å²) in [5.74, 6) is 0.357. The highest BCUT2D eigenvalue weighted by Crippen LogP contribution is 2.31. The fraction of sp³-hybridized carbons (Fsp3) is 0.214. The minimum Gasteiger partial charge on any atom is -0.495 e. The van der Waals surface area contributed by atoms with Gasteiger partial charge < -0.3 is 15.0 Å². The van der Waals surface area contributed by atoms with Gasteiger partial charge in [0.15, 0.2) is 0 Å². The van der Waals surface area contributed by atoms with Crippen molar-refractivity contribution in [3.05, 3.63) is 46.2 Å². The van der Waals surface area contributed by atoms with E-state index in [0.29, 0.717) is 22.0 Å². The van der Waals surface area contributed by atoms with Gasteiger partial charge in [-0.25, -0.2) is 0 Å². The molecule has 2 aromatic rings. The number of carbonyl (C=O) groups is 1. The van der Waals surface area contributed by atoms with E-state index < -0.39 is 0 Å². The van der Waals surface area contributed by atoms with Crippen molar-refractivity contribution >= 4 is 23.2 Å². The first-order valence-corrected chi connectivity index (χ1v) is 6.20. The summed E-state index contributed by atoms with van der Waals surface area (Å²) in [6, 6.07) is 5.22. The van der Waals surface area contributed by atoms with Crippen molar-refractivity contribution < 1.29 is 9.53 Å². The number of nitrogens with one attached hydrogen (secondary N) is 2. The average Bonchev–Trinajstić information content (AvgIpc) is 2.79. The SMILES string of the molecule is COc1cc(Cl)c(C)cc1NC(=O)c1cc[nH]c1C. The lowest BCUT2D eigenvalue weighted by Crippen LogP contribution is -2.13. The summed E-state index contributed by atoms with van der Waals surface area (Å²) < 4.78 is 5.22. The molecule has 4 nitrogen and oxygen atoms in total. The van der Waals surface area contributed by atoms with Gasteiger partial charge in [0.2, 0.25) is 0 Å². The third-order valence-electron chi connectivity index (χ3n) is 2.93. The van der Waals surface area contributed by atoms with E-state index in [-0.39, 0.29) is 5.91 Å². The van der Waals surface area contributed by atoms with Crippen LogP contribution < -0.4 is 10.1 Å². The first kappa shape index (κ1) is 13.5. The highest BCUT2D eigenvalue weighted by atomic mass is 35.5. The van der Waals surface area contributed by atoms with Crippen molar-refractivity contribution in [1.29, 1.82) is 0 Å². The molecular formula is C14H15ClN2O2. The summed E-state index contributed by atoms with van der Waals surface area (Å²) in [6.45, 7) is 3.72. The van der Waals surface area contributed by atoms with Gasteiger partial charge in [0.1, 0.15) is 5.75 Å². The van der Waals surface area contributed by atoms with Crippen molar-refractivity contribution in [2.75, 3.05) is 12.4 Å². The molecule has 0 atom stereocenters. The molecule has 19 heavy (non-hydrogen) atoms. The second-order valence-electron chi connectivity index (χ2n) is 4.27. The van der Waals surface area contributed by atoms with Crippen LogP contribution in [0.5, 0.6) is 5.75 Å². The number of H-pyrrole nitrogens is 1. The fourth-order valence-corrected chi connectivity index (χ4v) is 1.97. The third-order valence-corrected chi connectivity index (χ3v) is 3.33. The number of methoxy groups -OCH3 is 1. The standard InChI is InChI=1S/C14H15ClN2O2/c1-8-6-12(13(19-3)7-11(8)15)17-14(18)10-4-5-16-9(10)2/h4-7,16H,1-3H3,(H,17,18). The Kier molecular flexibility index (Phi) is 3.81. The number of carbonyl (C=O) groups excluding carboxylic acids is 1. The second-order valence-corrected chi connectivity index (χ2v) is 4.68. The van der Waals surface area contributed by atoms with Gasteiger partial charge in [-0.05, 0) is 31.5 Å². The molecule has 0 aliphatic rings. The molecule has 1 amide bonds. The van der Waals surface area contributed by atoms with Crippen molar-refractivity contribution in [2.24, 2.45) is 0 Å². The quantitative estimate of drug-likeness (QED) is 0.902. The van der Waals surface area contributed by atoms with E-state index in [2.05, 4.69) is 10.3 Å². The molecule has 0 spiro atoms. The van der Waals surface area contributed by atoms with Crippen LogP contribution in [0.1, 0.15) is 21.6 Å². The number of amides is 1. The number of rotatable bonds is 3. The predicted octanol–water partition coefficient (Wildman–Crippen LogP) is 3.55. The smallest absolute Gasteiger partial charge is 0.257 e. The number of benzene rings is 1. The number of aromatic nitrogens is 1. The first-order chi connectivity index (χ1) is 9.02. The van der Waals surface area contributed by atoms with E-state index in [1.165, 1.54) is 7.11 Å². The van der Waals surface area contributed by atoms with Crippen molar-refractivity contribution in [2.45, 2.75) is 13.8 Å². The lowest BCUT2D eigenvalue weighted by Gasteiger charge is -2.12. The molecule has 0 saturated heterocycles. The summed E-state index contributed by atoms with van der Waals surface area (Å²) in [7, 11) is 1.54. The molecule has 0 unspecified atom stereocenters. The van der Waals surface area contributed by atoms with E-state index in [9.17, 15) is 4.79 Å². The fourth-order valence-electron chi connectivity index (χ4n) is 1.82. The second kappa shape index (κ2) is 5.36. The highest BCUT2D eigenvalue weighted by molar-refractivity contribution is 6.31. The van der Waals surface area contributed by atoms with Crippen LogP contribution >= 0.6 is 11.6 Å².